The van der Waals surface area contributed by atoms with Crippen molar-refractivity contribution >= 4 is 17.6 Å². The number of carbonyl (C=O) groups excluding carboxylic acids is 1. The smallest absolute Gasteiger partial charge is 0.317 e. The quantitative estimate of drug-likeness (QED) is 0.323. The van der Waals surface area contributed by atoms with Gasteiger partial charge in [-0.3, -0.25) is 0 Å². The molecular weight excluding hydrogens is 507 g/mol. The lowest BCUT2D eigenvalue weighted by atomic mass is 9.74. The normalized spacial score (nSPS) is 26.6. The molecule has 1 aromatic rings. The minimum atomic E-state index is -1.50. The molecule has 6 nitrogen and oxygen atoms in total. The minimum absolute atomic E-state index is 0.0499. The number of hydrogen-bond donors (Lipinski definition) is 3. The first-order valence-electron chi connectivity index (χ1n) is 13.3. The Morgan fingerprint density at radius 2 is 2.03 bits per heavy atom. The van der Waals surface area contributed by atoms with E-state index in [2.05, 4.69) is 10.6 Å². The van der Waals surface area contributed by atoms with Crippen molar-refractivity contribution in [1.29, 1.82) is 0 Å². The second-order valence-electron chi connectivity index (χ2n) is 10.6. The highest BCUT2D eigenvalue weighted by molar-refractivity contribution is 6.30. The summed E-state index contributed by atoms with van der Waals surface area (Å²) in [6.07, 6.45) is 0.893. The van der Waals surface area contributed by atoms with E-state index in [1.807, 2.05) is 0 Å². The Hall–Kier alpha value is -1.55. The fourth-order valence-electron chi connectivity index (χ4n) is 5.92. The summed E-state index contributed by atoms with van der Waals surface area (Å²) in [5.41, 5.74) is -1.34. The molecule has 210 valence electrons. The van der Waals surface area contributed by atoms with Crippen molar-refractivity contribution in [2.75, 3.05) is 40.4 Å². The van der Waals surface area contributed by atoms with Crippen LogP contribution in [0.4, 0.5) is 18.0 Å². The molecule has 1 saturated heterocycles. The zero-order valence-electron chi connectivity index (χ0n) is 21.8. The van der Waals surface area contributed by atoms with E-state index < -0.39 is 23.8 Å². The van der Waals surface area contributed by atoms with Gasteiger partial charge < -0.3 is 25.4 Å². The first kappa shape index (κ1) is 30.0. The summed E-state index contributed by atoms with van der Waals surface area (Å²) in [6.45, 7) is 1.78. The van der Waals surface area contributed by atoms with E-state index in [1.54, 1.807) is 31.2 Å². The number of alkyl halides is 2. The number of halogens is 4. The summed E-state index contributed by atoms with van der Waals surface area (Å²) in [5, 5.41) is 18.0. The fraction of sp³-hybridized carbons (Fsp3) is 0.741. The maximum atomic E-state index is 15.1. The number of methoxy groups -OCH3 is 1. The van der Waals surface area contributed by atoms with Gasteiger partial charge in [0.05, 0.1) is 10.6 Å². The summed E-state index contributed by atoms with van der Waals surface area (Å²) in [4.78, 5) is 14.9. The third-order valence-corrected chi connectivity index (χ3v) is 8.16. The number of nitrogens with one attached hydrogen (secondary N) is 2. The maximum Gasteiger partial charge on any atom is 0.317 e. The average Bonchev–Trinajstić information content (AvgIpc) is 3.19. The molecule has 0 aromatic heterocycles. The SMILES string of the molecule is CNC[C@@H](CC1C[C@@H](F)[C@@H](F)C1)NC(=O)N1CCC[C@H]([C@@](O)(CCCCOC)c2cccc(Cl)c2F)C1. The van der Waals surface area contributed by atoms with Crippen molar-refractivity contribution in [3.8, 4) is 0 Å². The molecular formula is C27H41ClF3N3O3. The van der Waals surface area contributed by atoms with Crippen LogP contribution in [-0.4, -0.2) is 74.8 Å². The van der Waals surface area contributed by atoms with Gasteiger partial charge in [-0.25, -0.2) is 18.0 Å². The third-order valence-electron chi connectivity index (χ3n) is 7.86. The zero-order valence-corrected chi connectivity index (χ0v) is 22.6. The van der Waals surface area contributed by atoms with Crippen molar-refractivity contribution in [2.24, 2.45) is 11.8 Å². The Morgan fingerprint density at radius 1 is 1.30 bits per heavy atom. The number of hydrogen-bond acceptors (Lipinski definition) is 4. The Balaban J connectivity index is 1.72. The average molecular weight is 548 g/mol. The number of urea groups is 1. The van der Waals surface area contributed by atoms with E-state index >= 15 is 4.39 Å². The van der Waals surface area contributed by atoms with Crippen LogP contribution < -0.4 is 10.6 Å². The third kappa shape index (κ3) is 7.74. The largest absolute Gasteiger partial charge is 0.385 e. The van der Waals surface area contributed by atoms with Gasteiger partial charge in [-0.05, 0) is 70.4 Å². The van der Waals surface area contributed by atoms with Crippen molar-refractivity contribution in [1.82, 2.24) is 15.5 Å². The van der Waals surface area contributed by atoms with Gasteiger partial charge in [-0.15, -0.1) is 0 Å². The lowest BCUT2D eigenvalue weighted by Crippen LogP contribution is -2.54. The molecule has 1 aliphatic heterocycles. The fourth-order valence-corrected chi connectivity index (χ4v) is 6.09. The molecule has 2 amide bonds. The number of aliphatic hydroxyl groups is 1. The van der Waals surface area contributed by atoms with E-state index in [9.17, 15) is 18.7 Å². The van der Waals surface area contributed by atoms with Crippen molar-refractivity contribution in [3.63, 3.8) is 0 Å². The Bertz CT molecular complexity index is 873. The topological polar surface area (TPSA) is 73.8 Å². The Morgan fingerprint density at radius 3 is 2.70 bits per heavy atom. The number of likely N-dealkylation sites (tertiary alicyclic amines) is 1. The van der Waals surface area contributed by atoms with Gasteiger partial charge >= 0.3 is 6.03 Å². The lowest BCUT2D eigenvalue weighted by molar-refractivity contribution is -0.0587. The molecule has 0 radical (unpaired) electrons. The number of rotatable bonds is 12. The van der Waals surface area contributed by atoms with Crippen molar-refractivity contribution in [2.45, 2.75) is 75.4 Å². The number of ether oxygens (including phenoxy) is 1. The van der Waals surface area contributed by atoms with E-state index in [4.69, 9.17) is 16.3 Å². The molecule has 1 saturated carbocycles. The second kappa shape index (κ2) is 14.0. The van der Waals surface area contributed by atoms with Crippen LogP contribution in [0, 0.1) is 17.7 Å². The van der Waals surface area contributed by atoms with Crippen LogP contribution in [0.1, 0.15) is 56.9 Å². The van der Waals surface area contributed by atoms with Gasteiger partial charge in [0.2, 0.25) is 0 Å². The van der Waals surface area contributed by atoms with Crippen LogP contribution in [-0.2, 0) is 10.3 Å². The van der Waals surface area contributed by atoms with Crippen LogP contribution in [0.2, 0.25) is 5.02 Å². The van der Waals surface area contributed by atoms with E-state index in [0.717, 1.165) is 0 Å². The van der Waals surface area contributed by atoms with Crippen LogP contribution in [0.5, 0.6) is 0 Å². The number of amides is 2. The second-order valence-corrected chi connectivity index (χ2v) is 11.0. The highest BCUT2D eigenvalue weighted by Gasteiger charge is 2.43. The molecule has 2 fully saturated rings. The van der Waals surface area contributed by atoms with Gasteiger partial charge in [0.1, 0.15) is 18.2 Å². The summed E-state index contributed by atoms with van der Waals surface area (Å²) >= 11 is 6.06. The maximum absolute atomic E-state index is 15.1. The van der Waals surface area contributed by atoms with Gasteiger partial charge in [0.15, 0.2) is 0 Å². The van der Waals surface area contributed by atoms with E-state index in [-0.39, 0.29) is 53.9 Å². The first-order chi connectivity index (χ1) is 17.7. The minimum Gasteiger partial charge on any atom is -0.385 e. The Labute approximate surface area is 223 Å². The first-order valence-corrected chi connectivity index (χ1v) is 13.7. The molecule has 1 heterocycles. The van der Waals surface area contributed by atoms with Crippen molar-refractivity contribution in [3.05, 3.63) is 34.6 Å². The zero-order chi connectivity index (χ0) is 27.0. The molecule has 1 unspecified atom stereocenters. The summed E-state index contributed by atoms with van der Waals surface area (Å²) in [5.74, 6) is -1.15. The van der Waals surface area contributed by atoms with Gasteiger partial charge in [0.25, 0.3) is 0 Å². The number of nitrogens with zero attached hydrogens (tertiary/aromatic N) is 1. The molecule has 1 aliphatic carbocycles. The van der Waals surface area contributed by atoms with Gasteiger partial charge in [-0.2, -0.15) is 0 Å². The highest BCUT2D eigenvalue weighted by atomic mass is 35.5. The lowest BCUT2D eigenvalue weighted by Gasteiger charge is -2.43. The van der Waals surface area contributed by atoms with Crippen molar-refractivity contribution < 1.29 is 27.8 Å². The van der Waals surface area contributed by atoms with Crippen LogP contribution >= 0.6 is 11.6 Å². The molecule has 0 bridgehead atoms. The number of carbonyl (C=O) groups is 1. The molecule has 2 aliphatic rings. The van der Waals surface area contributed by atoms with E-state index in [0.29, 0.717) is 58.2 Å². The van der Waals surface area contributed by atoms with Crippen LogP contribution in [0.3, 0.4) is 0 Å². The molecule has 0 spiro atoms. The predicted octanol–water partition coefficient (Wildman–Crippen LogP) is 4.97. The Kier molecular flexibility index (Phi) is 11.4. The summed E-state index contributed by atoms with van der Waals surface area (Å²) in [7, 11) is 3.38. The van der Waals surface area contributed by atoms with Gasteiger partial charge in [-0.1, -0.05) is 23.7 Å². The number of likely N-dealkylation sites (N-methyl/N-ethyl adjacent to an activating group) is 1. The molecule has 10 heteroatoms. The number of unbranched alkanes of at least 4 members (excludes halogenated alkanes) is 1. The van der Waals surface area contributed by atoms with Crippen LogP contribution in [0.15, 0.2) is 18.2 Å². The molecule has 6 atom stereocenters. The molecule has 1 aromatic carbocycles. The molecule has 3 N–H and O–H groups in total. The summed E-state index contributed by atoms with van der Waals surface area (Å²) in [6, 6.07) is 4.08. The molecule has 3 rings (SSSR count). The highest BCUT2D eigenvalue weighted by Crippen LogP contribution is 2.42. The predicted molar refractivity (Wildman–Crippen MR) is 139 cm³/mol. The summed E-state index contributed by atoms with van der Waals surface area (Å²) < 4.78 is 47.6. The number of benzene rings is 1. The molecule has 37 heavy (non-hydrogen) atoms. The van der Waals surface area contributed by atoms with Gasteiger partial charge in [0, 0.05) is 50.9 Å². The van der Waals surface area contributed by atoms with Crippen LogP contribution in [0.25, 0.3) is 0 Å². The monoisotopic (exact) mass is 547 g/mol. The standard InChI is InChI=1S/C27H41ClF3N3O3/c1-32-16-20(13-18-14-23(29)24(30)15-18)33-26(35)34-11-6-7-19(17-34)27(36,10-3-4-12-37-2)21-8-5-9-22(28)25(21)31/h5,8-9,18-20,23-24,32,36H,3-4,6-7,10-17H2,1-2H3,(H,33,35)/t18?,19-,20+,23-,24+,27-/m0/s1. The number of piperidine rings is 1. The van der Waals surface area contributed by atoms with E-state index in [1.165, 1.54) is 6.07 Å².